The van der Waals surface area contributed by atoms with Crippen molar-refractivity contribution in [3.63, 3.8) is 0 Å². The third kappa shape index (κ3) is 13.3. The van der Waals surface area contributed by atoms with Crippen LogP contribution in [-0.4, -0.2) is 48.5 Å². The van der Waals surface area contributed by atoms with Gasteiger partial charge in [0.1, 0.15) is 6.07 Å². The Labute approximate surface area is 129 Å². The van der Waals surface area contributed by atoms with Gasteiger partial charge < -0.3 is 9.55 Å². The topological polar surface area (TPSA) is 56.0 Å². The van der Waals surface area contributed by atoms with Crippen LogP contribution < -0.4 is 4.70 Å². The van der Waals surface area contributed by atoms with E-state index in [0.717, 1.165) is 25.9 Å². The summed E-state index contributed by atoms with van der Waals surface area (Å²) in [6, 6.07) is 2.23. The first-order chi connectivity index (χ1) is 9.92. The van der Waals surface area contributed by atoms with Gasteiger partial charge in [0, 0.05) is 0 Å². The Balaban J connectivity index is 0. The molecule has 23 heavy (non-hydrogen) atoms. The average molecular weight is 365 g/mol. The maximum absolute atomic E-state index is 9.84. The van der Waals surface area contributed by atoms with E-state index in [4.69, 9.17) is 16.7 Å². The maximum Gasteiger partial charge on any atom is 0.492 e. The summed E-state index contributed by atoms with van der Waals surface area (Å²) in [6.45, 7) is 8.52. The molecule has 13 heteroatoms. The first-order valence-electron chi connectivity index (χ1n) is 5.85. The normalized spacial score (nSPS) is 15.6. The molecule has 1 aliphatic rings. The molecule has 1 rings (SSSR count). The van der Waals surface area contributed by atoms with E-state index in [1.54, 1.807) is 10.6 Å². The van der Waals surface area contributed by atoms with E-state index in [9.17, 15) is 21.0 Å². The Bertz CT molecular complexity index is 502. The summed E-state index contributed by atoms with van der Waals surface area (Å²) in [5.74, 6) is -0.293. The van der Waals surface area contributed by atoms with Crippen LogP contribution >= 0.6 is 8.16 Å². The molecule has 1 saturated heterocycles. The number of likely N-dealkylation sites (tertiary alicyclic amines) is 1. The van der Waals surface area contributed by atoms with Gasteiger partial charge in [0.2, 0.25) is 0 Å². The summed E-state index contributed by atoms with van der Waals surface area (Å²) >= 11 is 0. The van der Waals surface area contributed by atoms with Gasteiger partial charge in [-0.2, -0.15) is 4.84 Å². The molecular weight excluding hydrogens is 351 g/mol. The van der Waals surface area contributed by atoms with Crippen molar-refractivity contribution in [1.29, 1.82) is 5.26 Å². The average Bonchev–Trinajstić information content (AvgIpc) is 2.84. The molecule has 0 aromatic heterocycles. The number of nitrogens with zero attached hydrogens (tertiary/aromatic N) is 5. The van der Waals surface area contributed by atoms with Crippen LogP contribution in [-0.2, 0) is 4.84 Å². The first-order valence-corrected chi connectivity index (χ1v) is 7.54. The van der Waals surface area contributed by atoms with Gasteiger partial charge >= 0.3 is 41.0 Å². The standard InChI is InChI=1S/C10H14N5O.F5P.FH/c1-12-9(8-11)13-16-10(14(2)3)15-6-4-5-7-15;1-6(2,3,4)5;/h4-7H2,2-3H3;;1H/q+1;;/p-1. The van der Waals surface area contributed by atoms with Gasteiger partial charge in [0.15, 0.2) is 0 Å². The minimum Gasteiger partial charge on any atom is -1.00 e. The molecule has 132 valence electrons. The zero-order valence-corrected chi connectivity index (χ0v) is 13.1. The van der Waals surface area contributed by atoms with E-state index in [1.165, 1.54) is 0 Å². The van der Waals surface area contributed by atoms with Gasteiger partial charge in [-0.25, -0.2) is 14.7 Å². The molecule has 0 saturated carbocycles. The van der Waals surface area contributed by atoms with Crippen molar-refractivity contribution in [2.75, 3.05) is 27.2 Å². The van der Waals surface area contributed by atoms with Gasteiger partial charge in [-0.05, 0) is 12.8 Å². The minimum atomic E-state index is -8.55. The Morgan fingerprint density at radius 1 is 1.26 bits per heavy atom. The molecule has 0 aromatic rings. The molecule has 0 unspecified atom stereocenters. The van der Waals surface area contributed by atoms with Crippen LogP contribution in [0, 0.1) is 17.9 Å². The number of oxime groups is 1. The summed E-state index contributed by atoms with van der Waals surface area (Å²) in [4.78, 5) is 10.1. The summed E-state index contributed by atoms with van der Waals surface area (Å²) in [7, 11) is -4.87. The van der Waals surface area contributed by atoms with Gasteiger partial charge in [0.05, 0.1) is 32.3 Å². The molecule has 0 aliphatic carbocycles. The van der Waals surface area contributed by atoms with Crippen LogP contribution in [0.4, 0.5) is 21.0 Å². The molecular formula is C10H14F6N5OP. The van der Waals surface area contributed by atoms with Crippen molar-refractivity contribution in [3.05, 3.63) is 11.4 Å². The fourth-order valence-electron chi connectivity index (χ4n) is 1.48. The molecule has 0 radical (unpaired) electrons. The molecule has 1 fully saturated rings. The molecule has 0 N–H and O–H groups in total. The molecule has 0 amide bonds. The van der Waals surface area contributed by atoms with Gasteiger partial charge in [-0.1, -0.05) is 6.57 Å². The Kier molecular flexibility index (Phi) is 9.23. The van der Waals surface area contributed by atoms with Crippen LogP contribution in [0.1, 0.15) is 12.8 Å². The molecule has 1 heterocycles. The predicted molar refractivity (Wildman–Crippen MR) is 71.1 cm³/mol. The Hall–Kier alpha value is -2.07. The largest absolute Gasteiger partial charge is 1.00 e. The SMILES string of the molecule is FP(F)(F)(F)F.[C-]#[N+]C(C#N)=NOC(N1CCCC1)=[N+](C)C.[F-]. The van der Waals surface area contributed by atoms with E-state index >= 15 is 0 Å². The third-order valence-corrected chi connectivity index (χ3v) is 2.18. The Morgan fingerprint density at radius 3 is 2.00 bits per heavy atom. The number of rotatable bonds is 1. The second kappa shape index (κ2) is 9.16. The minimum absolute atomic E-state index is 0. The smallest absolute Gasteiger partial charge is 0.492 e. The van der Waals surface area contributed by atoms with E-state index in [0.29, 0.717) is 6.02 Å². The summed E-state index contributed by atoms with van der Waals surface area (Å²) in [5, 5.41) is 12.0. The van der Waals surface area contributed by atoms with Crippen LogP contribution in [0.15, 0.2) is 5.16 Å². The van der Waals surface area contributed by atoms with Crippen molar-refractivity contribution in [2.24, 2.45) is 5.16 Å². The van der Waals surface area contributed by atoms with Crippen LogP contribution in [0.3, 0.4) is 0 Å². The van der Waals surface area contributed by atoms with Crippen molar-refractivity contribution in [3.8, 4) is 6.07 Å². The molecule has 1 aliphatic heterocycles. The molecule has 0 atom stereocenters. The van der Waals surface area contributed by atoms with Crippen LogP contribution in [0.5, 0.6) is 0 Å². The van der Waals surface area contributed by atoms with Crippen LogP contribution in [0.2, 0.25) is 0 Å². The van der Waals surface area contributed by atoms with Crippen molar-refractivity contribution >= 4 is 20.0 Å². The molecule has 6 nitrogen and oxygen atoms in total. The number of hydrogen-bond donors (Lipinski definition) is 0. The van der Waals surface area contributed by atoms with Gasteiger partial charge in [0.25, 0.3) is 0 Å². The molecule has 0 bridgehead atoms. The van der Waals surface area contributed by atoms with E-state index < -0.39 is 8.16 Å². The van der Waals surface area contributed by atoms with E-state index in [-0.39, 0.29) is 10.5 Å². The van der Waals surface area contributed by atoms with Crippen molar-refractivity contribution < 1.29 is 35.1 Å². The van der Waals surface area contributed by atoms with E-state index in [1.807, 2.05) is 19.0 Å². The quantitative estimate of drug-likeness (QED) is 0.129. The zero-order chi connectivity index (χ0) is 17.4. The second-order valence-corrected chi connectivity index (χ2v) is 5.52. The third-order valence-electron chi connectivity index (χ3n) is 2.18. The molecule has 0 aromatic carbocycles. The predicted octanol–water partition coefficient (Wildman–Crippen LogP) is 0.449. The summed E-state index contributed by atoms with van der Waals surface area (Å²) < 4.78 is 51.0. The Morgan fingerprint density at radius 2 is 1.70 bits per heavy atom. The number of amidine groups is 2. The summed E-state index contributed by atoms with van der Waals surface area (Å²) in [5.41, 5.74) is 0. The maximum atomic E-state index is 9.84. The number of nitriles is 1. The first kappa shape index (κ1) is 23.2. The second-order valence-electron chi connectivity index (χ2n) is 4.24. The molecule has 0 spiro atoms. The van der Waals surface area contributed by atoms with Gasteiger partial charge in [-0.3, -0.25) is 0 Å². The van der Waals surface area contributed by atoms with Crippen molar-refractivity contribution in [1.82, 2.24) is 4.90 Å². The van der Waals surface area contributed by atoms with Crippen molar-refractivity contribution in [2.45, 2.75) is 12.8 Å². The zero-order valence-electron chi connectivity index (χ0n) is 12.2. The van der Waals surface area contributed by atoms with E-state index in [2.05, 4.69) is 10.0 Å². The van der Waals surface area contributed by atoms with Gasteiger partial charge in [-0.15, -0.1) is 0 Å². The summed E-state index contributed by atoms with van der Waals surface area (Å²) in [6.07, 6.45) is 2.25. The van der Waals surface area contributed by atoms with Crippen LogP contribution in [0.25, 0.3) is 4.85 Å². The monoisotopic (exact) mass is 365 g/mol. The number of hydrogen-bond acceptors (Lipinski definition) is 3. The fourth-order valence-corrected chi connectivity index (χ4v) is 1.48. The number of halogens is 6. The fraction of sp³-hybridized carbons (Fsp3) is 0.600.